The molecule has 1 atom stereocenters. The number of rotatable bonds is 4. The van der Waals surface area contributed by atoms with E-state index >= 15 is 0 Å². The first-order valence-electron chi connectivity index (χ1n) is 6.19. The van der Waals surface area contributed by atoms with Crippen molar-refractivity contribution in [2.45, 2.75) is 45.5 Å². The van der Waals surface area contributed by atoms with Crippen molar-refractivity contribution in [3.05, 3.63) is 18.0 Å². The summed E-state index contributed by atoms with van der Waals surface area (Å²) in [7, 11) is -4.13. The fourth-order valence-corrected chi connectivity index (χ4v) is 2.76. The number of alkyl halides is 3. The summed E-state index contributed by atoms with van der Waals surface area (Å²) < 4.78 is 65.4. The number of hydrogen-bond donors (Lipinski definition) is 2. The van der Waals surface area contributed by atoms with E-state index in [9.17, 15) is 26.4 Å². The zero-order valence-corrected chi connectivity index (χ0v) is 13.2. The topological polar surface area (TPSA) is 93.1 Å². The van der Waals surface area contributed by atoms with Crippen LogP contribution in [0.5, 0.6) is 0 Å². The van der Waals surface area contributed by atoms with Crippen LogP contribution in [0.4, 0.5) is 13.2 Å². The number of aromatic nitrogens is 2. The van der Waals surface area contributed by atoms with Gasteiger partial charge < -0.3 is 0 Å². The van der Waals surface area contributed by atoms with Crippen LogP contribution < -0.4 is 9.44 Å². The van der Waals surface area contributed by atoms with E-state index in [-0.39, 0.29) is 0 Å². The van der Waals surface area contributed by atoms with E-state index in [1.807, 2.05) is 0 Å². The Morgan fingerprint density at radius 3 is 2.27 bits per heavy atom. The number of hydrogen-bond acceptors (Lipinski definition) is 4. The second-order valence-corrected chi connectivity index (χ2v) is 7.09. The Morgan fingerprint density at radius 1 is 1.32 bits per heavy atom. The molecule has 1 unspecified atom stereocenters. The second kappa shape index (κ2) is 5.88. The van der Waals surface area contributed by atoms with Gasteiger partial charge in [-0.2, -0.15) is 31.4 Å². The van der Waals surface area contributed by atoms with E-state index in [2.05, 4.69) is 9.82 Å². The van der Waals surface area contributed by atoms with Crippen LogP contribution in [0.2, 0.25) is 0 Å². The molecular formula is C11H17F3N4O3S. The van der Waals surface area contributed by atoms with Crippen LogP contribution in [0.15, 0.2) is 12.3 Å². The van der Waals surface area contributed by atoms with Crippen molar-refractivity contribution >= 4 is 16.1 Å². The zero-order chi connectivity index (χ0) is 17.3. The minimum Gasteiger partial charge on any atom is -0.272 e. The van der Waals surface area contributed by atoms with Crippen molar-refractivity contribution in [3.8, 4) is 0 Å². The largest absolute Gasteiger partial charge is 0.435 e. The van der Waals surface area contributed by atoms with E-state index < -0.39 is 39.6 Å². The molecule has 1 aromatic heterocycles. The molecule has 0 aliphatic heterocycles. The molecule has 0 spiro atoms. The van der Waals surface area contributed by atoms with Crippen LogP contribution in [0.25, 0.3) is 0 Å². The van der Waals surface area contributed by atoms with E-state index in [4.69, 9.17) is 0 Å². The molecule has 0 aliphatic rings. The molecule has 0 aromatic carbocycles. The fourth-order valence-electron chi connectivity index (χ4n) is 1.47. The molecule has 126 valence electrons. The predicted molar refractivity (Wildman–Crippen MR) is 71.9 cm³/mol. The highest BCUT2D eigenvalue weighted by Gasteiger charge is 2.34. The van der Waals surface area contributed by atoms with Gasteiger partial charge in [0.1, 0.15) is 6.04 Å². The van der Waals surface area contributed by atoms with Crippen LogP contribution in [-0.4, -0.2) is 29.6 Å². The minimum absolute atomic E-state index is 0.700. The number of nitrogens with zero attached hydrogens (tertiary/aromatic N) is 2. The maximum absolute atomic E-state index is 12.4. The van der Waals surface area contributed by atoms with Gasteiger partial charge in [0.05, 0.1) is 0 Å². The summed E-state index contributed by atoms with van der Waals surface area (Å²) in [6.45, 7) is 5.95. The Balaban J connectivity index is 2.84. The first kappa shape index (κ1) is 18.4. The summed E-state index contributed by atoms with van der Waals surface area (Å²) >= 11 is 0. The van der Waals surface area contributed by atoms with E-state index in [1.54, 1.807) is 25.5 Å². The lowest BCUT2D eigenvalue weighted by atomic mass is 10.1. The third-order valence-electron chi connectivity index (χ3n) is 2.35. The summed E-state index contributed by atoms with van der Waals surface area (Å²) in [6.07, 6.45) is -3.68. The Hall–Kier alpha value is -1.62. The van der Waals surface area contributed by atoms with Gasteiger partial charge in [0.2, 0.25) is 0 Å². The molecule has 1 heterocycles. The smallest absolute Gasteiger partial charge is 0.272 e. The van der Waals surface area contributed by atoms with Crippen LogP contribution in [0, 0.1) is 0 Å². The van der Waals surface area contributed by atoms with E-state index in [1.165, 1.54) is 6.92 Å². The van der Waals surface area contributed by atoms with Gasteiger partial charge in [-0.1, -0.05) is 0 Å². The molecule has 0 saturated carbocycles. The van der Waals surface area contributed by atoms with Gasteiger partial charge in [-0.25, -0.2) is 4.72 Å². The first-order chi connectivity index (χ1) is 9.71. The van der Waals surface area contributed by atoms with Crippen LogP contribution in [0.1, 0.15) is 39.4 Å². The monoisotopic (exact) mass is 342 g/mol. The average Bonchev–Trinajstić information content (AvgIpc) is 2.71. The van der Waals surface area contributed by atoms with Crippen molar-refractivity contribution < 1.29 is 26.4 Å². The van der Waals surface area contributed by atoms with Gasteiger partial charge in [0.25, 0.3) is 5.91 Å². The van der Waals surface area contributed by atoms with Gasteiger partial charge in [-0.3, -0.25) is 9.48 Å². The Labute approximate surface area is 126 Å². The molecule has 7 nitrogen and oxygen atoms in total. The molecule has 0 aliphatic carbocycles. The number of nitrogens with one attached hydrogen (secondary N) is 2. The van der Waals surface area contributed by atoms with Gasteiger partial charge in [-0.15, -0.1) is 0 Å². The van der Waals surface area contributed by atoms with Crippen molar-refractivity contribution in [1.29, 1.82) is 0 Å². The molecule has 1 rings (SSSR count). The molecule has 0 bridgehead atoms. The summed E-state index contributed by atoms with van der Waals surface area (Å²) in [5.41, 5.74) is -1.98. The van der Waals surface area contributed by atoms with Gasteiger partial charge in [-0.05, 0) is 33.8 Å². The Morgan fingerprint density at radius 2 is 1.86 bits per heavy atom. The lowest BCUT2D eigenvalue weighted by Gasteiger charge is -2.21. The molecular weight excluding hydrogens is 325 g/mol. The van der Waals surface area contributed by atoms with E-state index in [0.29, 0.717) is 6.07 Å². The van der Waals surface area contributed by atoms with Gasteiger partial charge >= 0.3 is 16.4 Å². The van der Waals surface area contributed by atoms with Crippen molar-refractivity contribution in [1.82, 2.24) is 19.2 Å². The van der Waals surface area contributed by atoms with Crippen molar-refractivity contribution in [3.63, 3.8) is 0 Å². The molecule has 1 aromatic rings. The molecule has 2 N–H and O–H groups in total. The summed E-state index contributed by atoms with van der Waals surface area (Å²) in [5.74, 6) is -1.01. The molecule has 0 fully saturated rings. The summed E-state index contributed by atoms with van der Waals surface area (Å²) in [4.78, 5) is 11.8. The third kappa shape index (κ3) is 5.30. The standard InChI is InChI=1S/C11H17F3N4O3S/c1-7(18-6-5-8(15-18)11(12,13)14)9(19)16-22(20,21)17-10(2,3)4/h5-7,17H,1-4H3,(H,16,19). The van der Waals surface area contributed by atoms with Gasteiger partial charge in [0, 0.05) is 11.7 Å². The molecule has 0 radical (unpaired) electrons. The quantitative estimate of drug-likeness (QED) is 0.860. The Kier molecular flexibility index (Phi) is 4.92. The lowest BCUT2D eigenvalue weighted by molar-refractivity contribution is -0.142. The normalized spacial score (nSPS) is 14.7. The molecule has 0 saturated heterocycles. The van der Waals surface area contributed by atoms with Crippen LogP contribution >= 0.6 is 0 Å². The molecule has 1 amide bonds. The fraction of sp³-hybridized carbons (Fsp3) is 0.636. The number of carbonyl (C=O) groups is 1. The second-order valence-electron chi connectivity index (χ2n) is 5.68. The highest BCUT2D eigenvalue weighted by Crippen LogP contribution is 2.27. The highest BCUT2D eigenvalue weighted by atomic mass is 32.2. The van der Waals surface area contributed by atoms with Crippen LogP contribution in [-0.2, 0) is 21.2 Å². The maximum Gasteiger partial charge on any atom is 0.435 e. The minimum atomic E-state index is -4.64. The van der Waals surface area contributed by atoms with Crippen molar-refractivity contribution in [2.24, 2.45) is 0 Å². The Bertz CT molecular complexity index is 646. The lowest BCUT2D eigenvalue weighted by Crippen LogP contribution is -2.49. The number of amides is 1. The zero-order valence-electron chi connectivity index (χ0n) is 12.4. The third-order valence-corrected chi connectivity index (χ3v) is 3.70. The summed E-state index contributed by atoms with van der Waals surface area (Å²) in [5, 5.41) is 3.22. The number of halogens is 3. The summed E-state index contributed by atoms with van der Waals surface area (Å²) in [6, 6.07) is -0.529. The van der Waals surface area contributed by atoms with Crippen LogP contribution in [0.3, 0.4) is 0 Å². The van der Waals surface area contributed by atoms with Gasteiger partial charge in [0.15, 0.2) is 5.69 Å². The van der Waals surface area contributed by atoms with Crippen molar-refractivity contribution in [2.75, 3.05) is 0 Å². The average molecular weight is 342 g/mol. The predicted octanol–water partition coefficient (Wildman–Crippen LogP) is 1.21. The SMILES string of the molecule is CC(C(=O)NS(=O)(=O)NC(C)(C)C)n1ccc(C(F)(F)F)n1. The number of carbonyl (C=O) groups excluding carboxylic acids is 1. The first-order valence-corrected chi connectivity index (χ1v) is 7.67. The van der Waals surface area contributed by atoms with E-state index in [0.717, 1.165) is 10.9 Å². The molecule has 22 heavy (non-hydrogen) atoms. The maximum atomic E-state index is 12.4. The highest BCUT2D eigenvalue weighted by molar-refractivity contribution is 7.88. The molecule has 11 heteroatoms.